The molecule has 1 amide bonds. The molecule has 0 radical (unpaired) electrons. The van der Waals surface area contributed by atoms with Crippen molar-refractivity contribution < 1.29 is 9.53 Å². The normalized spacial score (nSPS) is 21.1. The van der Waals surface area contributed by atoms with E-state index in [4.69, 9.17) is 10.5 Å². The van der Waals surface area contributed by atoms with Crippen LogP contribution < -0.4 is 5.73 Å². The number of hydrogen-bond donors (Lipinski definition) is 1. The minimum Gasteiger partial charge on any atom is -0.376 e. The van der Waals surface area contributed by atoms with Crippen LogP contribution in [0.5, 0.6) is 0 Å². The first-order chi connectivity index (χ1) is 13.7. The topological polar surface area (TPSA) is 58.8 Å². The second-order valence-corrected chi connectivity index (χ2v) is 7.86. The number of carbonyl (C=O) groups is 1. The summed E-state index contributed by atoms with van der Waals surface area (Å²) in [5.41, 5.74) is 9.92. The van der Waals surface area contributed by atoms with Gasteiger partial charge < -0.3 is 10.5 Å². The number of hydrogen-bond acceptors (Lipinski definition) is 4. The summed E-state index contributed by atoms with van der Waals surface area (Å²) < 4.78 is 6.17. The van der Waals surface area contributed by atoms with Crippen molar-refractivity contribution in [3.05, 3.63) is 70.8 Å². The lowest BCUT2D eigenvalue weighted by atomic mass is 9.94. The SMILES string of the molecule is NC(=O)c1cccc2c1CCN(CC1CN(Cc3ccccc3)CCCO1)C2. The van der Waals surface area contributed by atoms with Crippen LogP contribution in [0.2, 0.25) is 0 Å². The maximum atomic E-state index is 11.7. The van der Waals surface area contributed by atoms with Crippen LogP contribution in [0.3, 0.4) is 0 Å². The number of fused-ring (bicyclic) bond motifs is 1. The van der Waals surface area contributed by atoms with Crippen molar-refractivity contribution in [1.29, 1.82) is 0 Å². The molecule has 2 aromatic rings. The second-order valence-electron chi connectivity index (χ2n) is 7.86. The Bertz CT molecular complexity index is 809. The Balaban J connectivity index is 1.38. The number of ether oxygens (including phenoxy) is 1. The maximum absolute atomic E-state index is 11.7. The van der Waals surface area contributed by atoms with Gasteiger partial charge in [0.05, 0.1) is 6.10 Å². The molecule has 0 aliphatic carbocycles. The smallest absolute Gasteiger partial charge is 0.248 e. The van der Waals surface area contributed by atoms with E-state index >= 15 is 0 Å². The number of nitrogens with zero attached hydrogens (tertiary/aromatic N) is 2. The lowest BCUT2D eigenvalue weighted by Gasteiger charge is -2.33. The molecule has 5 nitrogen and oxygen atoms in total. The van der Waals surface area contributed by atoms with Crippen molar-refractivity contribution in [2.75, 3.05) is 32.8 Å². The largest absolute Gasteiger partial charge is 0.376 e. The first kappa shape index (κ1) is 19.1. The van der Waals surface area contributed by atoms with Gasteiger partial charge in [-0.2, -0.15) is 0 Å². The summed E-state index contributed by atoms with van der Waals surface area (Å²) in [6.45, 7) is 6.56. The average Bonchev–Trinajstić information content (AvgIpc) is 2.93. The van der Waals surface area contributed by atoms with Crippen LogP contribution >= 0.6 is 0 Å². The first-order valence-corrected chi connectivity index (χ1v) is 10.2. The van der Waals surface area contributed by atoms with E-state index in [-0.39, 0.29) is 12.0 Å². The summed E-state index contributed by atoms with van der Waals surface area (Å²) >= 11 is 0. The molecule has 0 saturated carbocycles. The third-order valence-electron chi connectivity index (χ3n) is 5.76. The molecule has 1 fully saturated rings. The highest BCUT2D eigenvalue weighted by Gasteiger charge is 2.25. The highest BCUT2D eigenvalue weighted by atomic mass is 16.5. The quantitative estimate of drug-likeness (QED) is 0.867. The van der Waals surface area contributed by atoms with E-state index in [2.05, 4.69) is 46.2 Å². The molecule has 0 aromatic heterocycles. The summed E-state index contributed by atoms with van der Waals surface area (Å²) in [5, 5.41) is 0. The third kappa shape index (κ3) is 4.61. The minimum absolute atomic E-state index is 0.215. The zero-order valence-corrected chi connectivity index (χ0v) is 16.3. The fourth-order valence-corrected chi connectivity index (χ4v) is 4.41. The summed E-state index contributed by atoms with van der Waals surface area (Å²) in [6, 6.07) is 16.6. The van der Waals surface area contributed by atoms with E-state index in [9.17, 15) is 4.79 Å². The molecule has 2 aliphatic heterocycles. The lowest BCUT2D eigenvalue weighted by molar-refractivity contribution is 0.0226. The van der Waals surface area contributed by atoms with Crippen molar-refractivity contribution in [3.63, 3.8) is 0 Å². The minimum atomic E-state index is -0.325. The van der Waals surface area contributed by atoms with Crippen molar-refractivity contribution in [3.8, 4) is 0 Å². The predicted octanol–water partition coefficient (Wildman–Crippen LogP) is 2.43. The standard InChI is InChI=1S/C23H29N3O2/c24-23(27)22-9-4-8-19-15-26(12-10-21(19)22)17-20-16-25(11-5-13-28-20)14-18-6-2-1-3-7-18/h1-4,6-9,20H,5,10-17H2,(H2,24,27). The van der Waals surface area contributed by atoms with E-state index in [0.29, 0.717) is 5.56 Å². The summed E-state index contributed by atoms with van der Waals surface area (Å²) in [7, 11) is 0. The fourth-order valence-electron chi connectivity index (χ4n) is 4.41. The van der Waals surface area contributed by atoms with Crippen LogP contribution in [0, 0.1) is 0 Å². The molecule has 5 heteroatoms. The Morgan fingerprint density at radius 1 is 1.07 bits per heavy atom. The number of nitrogens with two attached hydrogens (primary N) is 1. The monoisotopic (exact) mass is 379 g/mol. The van der Waals surface area contributed by atoms with Crippen molar-refractivity contribution >= 4 is 5.91 Å². The van der Waals surface area contributed by atoms with Crippen LogP contribution in [0.25, 0.3) is 0 Å². The van der Waals surface area contributed by atoms with Crippen molar-refractivity contribution in [1.82, 2.24) is 9.80 Å². The van der Waals surface area contributed by atoms with E-state index < -0.39 is 0 Å². The number of rotatable bonds is 5. The van der Waals surface area contributed by atoms with Crippen LogP contribution in [-0.2, 0) is 24.2 Å². The van der Waals surface area contributed by atoms with E-state index in [0.717, 1.165) is 64.3 Å². The number of benzene rings is 2. The van der Waals surface area contributed by atoms with Gasteiger partial charge in [0.25, 0.3) is 0 Å². The van der Waals surface area contributed by atoms with E-state index in [1.165, 1.54) is 11.1 Å². The molecule has 2 N–H and O–H groups in total. The first-order valence-electron chi connectivity index (χ1n) is 10.2. The van der Waals surface area contributed by atoms with Crippen molar-refractivity contribution in [2.24, 2.45) is 5.73 Å². The number of amides is 1. The Morgan fingerprint density at radius 3 is 2.75 bits per heavy atom. The van der Waals surface area contributed by atoms with Gasteiger partial charge in [0.15, 0.2) is 0 Å². The fraction of sp³-hybridized carbons (Fsp3) is 0.435. The van der Waals surface area contributed by atoms with Gasteiger partial charge >= 0.3 is 0 Å². The highest BCUT2D eigenvalue weighted by Crippen LogP contribution is 2.23. The second kappa shape index (κ2) is 8.86. The Morgan fingerprint density at radius 2 is 1.93 bits per heavy atom. The number of carbonyl (C=O) groups excluding carboxylic acids is 1. The van der Waals surface area contributed by atoms with Crippen LogP contribution in [0.4, 0.5) is 0 Å². The predicted molar refractivity (Wildman–Crippen MR) is 110 cm³/mol. The van der Waals surface area contributed by atoms with Crippen LogP contribution in [-0.4, -0.2) is 54.6 Å². The zero-order valence-electron chi connectivity index (χ0n) is 16.3. The van der Waals surface area contributed by atoms with E-state index in [1.54, 1.807) is 0 Å². The van der Waals surface area contributed by atoms with Gasteiger partial charge in [-0.15, -0.1) is 0 Å². The van der Waals surface area contributed by atoms with Gasteiger partial charge in [0.1, 0.15) is 0 Å². The lowest BCUT2D eigenvalue weighted by Crippen LogP contribution is -2.42. The summed E-state index contributed by atoms with van der Waals surface area (Å²) in [6.07, 6.45) is 2.16. The molecule has 148 valence electrons. The molecule has 2 aliphatic rings. The molecule has 1 saturated heterocycles. The molecule has 0 spiro atoms. The maximum Gasteiger partial charge on any atom is 0.248 e. The van der Waals surface area contributed by atoms with Gasteiger partial charge in [-0.25, -0.2) is 0 Å². The third-order valence-corrected chi connectivity index (χ3v) is 5.76. The van der Waals surface area contributed by atoms with Crippen LogP contribution in [0.1, 0.15) is 33.5 Å². The average molecular weight is 380 g/mol. The van der Waals surface area contributed by atoms with Gasteiger partial charge in [0, 0.05) is 51.4 Å². The van der Waals surface area contributed by atoms with E-state index in [1.807, 2.05) is 12.1 Å². The van der Waals surface area contributed by atoms with Gasteiger partial charge in [0.2, 0.25) is 5.91 Å². The molecule has 2 aromatic carbocycles. The Labute approximate surface area is 167 Å². The van der Waals surface area contributed by atoms with Gasteiger partial charge in [-0.3, -0.25) is 14.6 Å². The Hall–Kier alpha value is -2.21. The van der Waals surface area contributed by atoms with Crippen molar-refractivity contribution in [2.45, 2.75) is 32.0 Å². The molecule has 2 heterocycles. The molecule has 4 rings (SSSR count). The summed E-state index contributed by atoms with van der Waals surface area (Å²) in [4.78, 5) is 16.6. The van der Waals surface area contributed by atoms with Gasteiger partial charge in [-0.1, -0.05) is 42.5 Å². The molecular weight excluding hydrogens is 350 g/mol. The van der Waals surface area contributed by atoms with Crippen LogP contribution in [0.15, 0.2) is 48.5 Å². The highest BCUT2D eigenvalue weighted by molar-refractivity contribution is 5.94. The summed E-state index contributed by atoms with van der Waals surface area (Å²) in [5.74, 6) is -0.325. The zero-order chi connectivity index (χ0) is 19.3. The van der Waals surface area contributed by atoms with Gasteiger partial charge in [-0.05, 0) is 35.6 Å². The molecular formula is C23H29N3O2. The molecule has 0 bridgehead atoms. The molecule has 1 atom stereocenters. The Kier molecular flexibility index (Phi) is 6.05. The number of primary amides is 1. The molecule has 28 heavy (non-hydrogen) atoms. The molecule has 1 unspecified atom stereocenters.